The predicted molar refractivity (Wildman–Crippen MR) is 81.8 cm³/mol. The molecule has 2 fully saturated rings. The van der Waals surface area contributed by atoms with Gasteiger partial charge in [-0.3, -0.25) is 9.05 Å². The van der Waals surface area contributed by atoms with Crippen molar-refractivity contribution in [3.8, 4) is 11.5 Å². The lowest BCUT2D eigenvalue weighted by Gasteiger charge is -2.18. The summed E-state index contributed by atoms with van der Waals surface area (Å²) in [4.78, 5) is 0. The van der Waals surface area contributed by atoms with Crippen LogP contribution in [0.5, 0.6) is 11.5 Å². The van der Waals surface area contributed by atoms with Gasteiger partial charge in [0.2, 0.25) is 0 Å². The Balaban J connectivity index is 1.57. The molecule has 2 aliphatic rings. The second kappa shape index (κ2) is 7.64. The first-order valence-corrected chi connectivity index (χ1v) is 9.18. The Morgan fingerprint density at radius 2 is 1.57 bits per heavy atom. The van der Waals surface area contributed by atoms with Crippen LogP contribution in [0.2, 0.25) is 0 Å². The number of rotatable bonds is 11. The number of phosphoric ester groups is 1. The average Bonchev–Trinajstić information content (AvgIpc) is 3.45. The van der Waals surface area contributed by atoms with Crippen molar-refractivity contribution in [3.05, 3.63) is 24.3 Å². The quantitative estimate of drug-likeness (QED) is 0.451. The number of hydrogen-bond acceptors (Lipinski definition) is 7. The minimum Gasteiger partial charge on any atom is -0.494 e. The van der Waals surface area contributed by atoms with E-state index in [-0.39, 0.29) is 25.4 Å². The van der Waals surface area contributed by atoms with Crippen molar-refractivity contribution < 1.29 is 32.3 Å². The monoisotopic (exact) mass is 344 g/mol. The fourth-order valence-corrected chi connectivity index (χ4v) is 2.97. The van der Waals surface area contributed by atoms with Crippen LogP contribution >= 0.6 is 7.82 Å². The van der Waals surface area contributed by atoms with E-state index in [4.69, 9.17) is 27.8 Å². The molecule has 0 N–H and O–H groups in total. The van der Waals surface area contributed by atoms with Gasteiger partial charge in [0.1, 0.15) is 23.7 Å². The zero-order chi connectivity index (χ0) is 16.1. The Hall–Kier alpha value is -1.11. The van der Waals surface area contributed by atoms with Crippen LogP contribution < -0.4 is 9.26 Å². The number of epoxide rings is 2. The van der Waals surface area contributed by atoms with Crippen LogP contribution in [0.4, 0.5) is 0 Å². The van der Waals surface area contributed by atoms with Gasteiger partial charge < -0.3 is 18.7 Å². The van der Waals surface area contributed by atoms with Gasteiger partial charge in [0, 0.05) is 0 Å². The second-order valence-corrected chi connectivity index (χ2v) is 6.95. The van der Waals surface area contributed by atoms with E-state index in [9.17, 15) is 4.57 Å². The van der Waals surface area contributed by atoms with Gasteiger partial charge in [0.05, 0.1) is 33.0 Å². The molecule has 8 heteroatoms. The van der Waals surface area contributed by atoms with Crippen LogP contribution in [0.1, 0.15) is 13.3 Å². The summed E-state index contributed by atoms with van der Waals surface area (Å²) in [7, 11) is -3.71. The lowest BCUT2D eigenvalue weighted by atomic mass is 10.3. The molecule has 128 valence electrons. The maximum Gasteiger partial charge on any atom is 0.530 e. The standard InChI is InChI=1S/C15H21O7P/c1-2-7-17-12-3-5-13(6-4-12)22-23(16,20-10-14-8-18-14)21-11-15-9-19-15/h3-6,14-15H,2,7-11H2,1H3. The fourth-order valence-electron chi connectivity index (χ4n) is 1.71. The summed E-state index contributed by atoms with van der Waals surface area (Å²) in [5.41, 5.74) is 0. The predicted octanol–water partition coefficient (Wildman–Crippen LogP) is 2.79. The summed E-state index contributed by atoms with van der Waals surface area (Å²) in [6.45, 7) is 4.26. The summed E-state index contributed by atoms with van der Waals surface area (Å²) in [5, 5.41) is 0. The second-order valence-electron chi connectivity index (χ2n) is 5.36. The van der Waals surface area contributed by atoms with Crippen molar-refractivity contribution in [2.24, 2.45) is 0 Å². The molecule has 2 aliphatic heterocycles. The van der Waals surface area contributed by atoms with Crippen LogP contribution in [0.15, 0.2) is 24.3 Å². The summed E-state index contributed by atoms with van der Waals surface area (Å²) in [5.74, 6) is 1.12. The number of benzene rings is 1. The number of hydrogen-bond donors (Lipinski definition) is 0. The first kappa shape index (κ1) is 16.7. The highest BCUT2D eigenvalue weighted by Crippen LogP contribution is 2.50. The number of phosphoric acid groups is 1. The smallest absolute Gasteiger partial charge is 0.494 e. The summed E-state index contributed by atoms with van der Waals surface area (Å²) >= 11 is 0. The van der Waals surface area contributed by atoms with Gasteiger partial charge in [0.25, 0.3) is 0 Å². The molecular formula is C15H21O7P. The highest BCUT2D eigenvalue weighted by molar-refractivity contribution is 7.48. The molecule has 0 aromatic heterocycles. The van der Waals surface area contributed by atoms with Gasteiger partial charge in [-0.15, -0.1) is 0 Å². The van der Waals surface area contributed by atoms with Crippen LogP contribution in [0.25, 0.3) is 0 Å². The first-order chi connectivity index (χ1) is 11.2. The Morgan fingerprint density at radius 1 is 1.04 bits per heavy atom. The topological polar surface area (TPSA) is 79.1 Å². The van der Waals surface area contributed by atoms with E-state index in [1.54, 1.807) is 24.3 Å². The summed E-state index contributed by atoms with van der Waals surface area (Å²) in [6.07, 6.45) is 0.872. The Bertz CT molecular complexity index is 519. The molecule has 3 rings (SSSR count). The average molecular weight is 344 g/mol. The minimum absolute atomic E-state index is 0.0301. The van der Waals surface area contributed by atoms with E-state index in [2.05, 4.69) is 0 Å². The molecule has 2 atom stereocenters. The van der Waals surface area contributed by atoms with E-state index >= 15 is 0 Å². The Labute approximate surface area is 135 Å². The minimum atomic E-state index is -3.71. The van der Waals surface area contributed by atoms with E-state index < -0.39 is 7.82 Å². The molecule has 0 aliphatic carbocycles. The number of ether oxygens (including phenoxy) is 3. The largest absolute Gasteiger partial charge is 0.530 e. The molecule has 0 bridgehead atoms. The molecule has 2 unspecified atom stereocenters. The Morgan fingerprint density at radius 3 is 2.04 bits per heavy atom. The van der Waals surface area contributed by atoms with Crippen molar-refractivity contribution in [2.75, 3.05) is 33.0 Å². The summed E-state index contributed by atoms with van der Waals surface area (Å²) < 4.78 is 44.4. The molecule has 7 nitrogen and oxygen atoms in total. The third kappa shape index (κ3) is 5.79. The van der Waals surface area contributed by atoms with Crippen molar-refractivity contribution in [1.29, 1.82) is 0 Å². The molecule has 1 aromatic rings. The normalized spacial score (nSPS) is 24.7. The van der Waals surface area contributed by atoms with E-state index in [0.717, 1.165) is 12.2 Å². The molecule has 0 amide bonds. The zero-order valence-corrected chi connectivity index (χ0v) is 13.9. The molecule has 2 saturated heterocycles. The molecule has 0 spiro atoms. The van der Waals surface area contributed by atoms with Crippen molar-refractivity contribution in [1.82, 2.24) is 0 Å². The summed E-state index contributed by atoms with van der Waals surface area (Å²) in [6, 6.07) is 6.85. The zero-order valence-electron chi connectivity index (χ0n) is 13.0. The van der Waals surface area contributed by atoms with Crippen LogP contribution in [-0.4, -0.2) is 45.2 Å². The van der Waals surface area contributed by atoms with Crippen LogP contribution in [-0.2, 0) is 23.1 Å². The molecule has 1 aromatic carbocycles. The SMILES string of the molecule is CCCOc1ccc(OP(=O)(OCC2CO2)OCC2CO2)cc1. The maximum atomic E-state index is 12.7. The third-order valence-electron chi connectivity index (χ3n) is 3.16. The molecule has 2 heterocycles. The van der Waals surface area contributed by atoms with Crippen molar-refractivity contribution in [2.45, 2.75) is 25.6 Å². The molecular weight excluding hydrogens is 323 g/mol. The van der Waals surface area contributed by atoms with Crippen molar-refractivity contribution in [3.63, 3.8) is 0 Å². The fraction of sp³-hybridized carbons (Fsp3) is 0.600. The highest BCUT2D eigenvalue weighted by Gasteiger charge is 2.36. The van der Waals surface area contributed by atoms with Gasteiger partial charge in [-0.2, -0.15) is 0 Å². The van der Waals surface area contributed by atoms with E-state index in [1.165, 1.54) is 0 Å². The van der Waals surface area contributed by atoms with Gasteiger partial charge in [-0.1, -0.05) is 6.92 Å². The molecule has 23 heavy (non-hydrogen) atoms. The third-order valence-corrected chi connectivity index (χ3v) is 4.52. The highest BCUT2D eigenvalue weighted by atomic mass is 31.2. The van der Waals surface area contributed by atoms with Gasteiger partial charge in [0.15, 0.2) is 0 Å². The van der Waals surface area contributed by atoms with E-state index in [0.29, 0.717) is 25.6 Å². The maximum absolute atomic E-state index is 12.7. The lowest BCUT2D eigenvalue weighted by molar-refractivity contribution is 0.137. The van der Waals surface area contributed by atoms with Crippen LogP contribution in [0.3, 0.4) is 0 Å². The van der Waals surface area contributed by atoms with E-state index in [1.807, 2.05) is 6.92 Å². The molecule has 0 radical (unpaired) electrons. The van der Waals surface area contributed by atoms with Gasteiger partial charge >= 0.3 is 7.82 Å². The van der Waals surface area contributed by atoms with Gasteiger partial charge in [-0.05, 0) is 30.7 Å². The first-order valence-electron chi connectivity index (χ1n) is 7.71. The van der Waals surface area contributed by atoms with Crippen LogP contribution in [0, 0.1) is 0 Å². The van der Waals surface area contributed by atoms with Gasteiger partial charge in [-0.25, -0.2) is 4.57 Å². The lowest BCUT2D eigenvalue weighted by Crippen LogP contribution is -2.09. The molecule has 0 saturated carbocycles. The Kier molecular flexibility index (Phi) is 5.56. The van der Waals surface area contributed by atoms with Crippen molar-refractivity contribution >= 4 is 7.82 Å².